The van der Waals surface area contributed by atoms with Crippen LogP contribution in [-0.4, -0.2) is 29.1 Å². The van der Waals surface area contributed by atoms with Gasteiger partial charge in [0.05, 0.1) is 0 Å². The summed E-state index contributed by atoms with van der Waals surface area (Å²) in [6.45, 7) is 0.264. The Labute approximate surface area is 151 Å². The fourth-order valence-electron chi connectivity index (χ4n) is 3.67. The third kappa shape index (κ3) is 3.17. The van der Waals surface area contributed by atoms with E-state index >= 15 is 0 Å². The van der Waals surface area contributed by atoms with E-state index in [-0.39, 0.29) is 24.6 Å². The summed E-state index contributed by atoms with van der Waals surface area (Å²) in [5, 5.41) is 0.913. The normalized spacial score (nSPS) is 16.3. The van der Waals surface area contributed by atoms with E-state index in [9.17, 15) is 9.18 Å². The zero-order valence-corrected chi connectivity index (χ0v) is 14.7. The van der Waals surface area contributed by atoms with Crippen molar-refractivity contribution in [1.82, 2.24) is 9.88 Å². The third-order valence-corrected chi connectivity index (χ3v) is 5.16. The van der Waals surface area contributed by atoms with Crippen LogP contribution in [0.15, 0.2) is 48.5 Å². The van der Waals surface area contributed by atoms with Crippen LogP contribution < -0.4 is 0 Å². The van der Waals surface area contributed by atoms with E-state index in [1.165, 1.54) is 6.07 Å². The first-order chi connectivity index (χ1) is 12.6. The highest BCUT2D eigenvalue weighted by Gasteiger charge is 2.28. The summed E-state index contributed by atoms with van der Waals surface area (Å²) in [7, 11) is 1.78. The number of ether oxygens (including phenoxy) is 1. The van der Waals surface area contributed by atoms with Crippen molar-refractivity contribution in [1.29, 1.82) is 0 Å². The molecule has 0 spiro atoms. The smallest absolute Gasteiger partial charge is 0.410 e. The number of nitrogens with zero attached hydrogens (tertiary/aromatic N) is 1. The van der Waals surface area contributed by atoms with Crippen molar-refractivity contribution in [2.75, 3.05) is 7.05 Å². The van der Waals surface area contributed by atoms with Crippen LogP contribution in [-0.2, 0) is 24.2 Å². The van der Waals surface area contributed by atoms with E-state index in [0.29, 0.717) is 6.42 Å². The topological polar surface area (TPSA) is 45.3 Å². The fourth-order valence-corrected chi connectivity index (χ4v) is 3.67. The van der Waals surface area contributed by atoms with E-state index in [4.69, 9.17) is 4.74 Å². The van der Waals surface area contributed by atoms with Gasteiger partial charge < -0.3 is 14.6 Å². The Morgan fingerprint density at radius 2 is 2.08 bits per heavy atom. The quantitative estimate of drug-likeness (QED) is 0.758. The molecule has 1 aromatic heterocycles. The SMILES string of the molecule is CN(C(=O)OCc1ccccc1)C1CCc2[nH]c3ccc(F)cc3c2C1. The molecule has 1 aliphatic carbocycles. The number of hydrogen-bond acceptors (Lipinski definition) is 2. The Hall–Kier alpha value is -2.82. The summed E-state index contributed by atoms with van der Waals surface area (Å²) in [5.41, 5.74) is 4.17. The molecule has 1 aliphatic rings. The number of aromatic amines is 1. The van der Waals surface area contributed by atoms with E-state index < -0.39 is 0 Å². The molecule has 0 bridgehead atoms. The number of likely N-dealkylation sites (N-methyl/N-ethyl adjacent to an activating group) is 1. The van der Waals surface area contributed by atoms with E-state index in [1.54, 1.807) is 24.1 Å². The van der Waals surface area contributed by atoms with Gasteiger partial charge in [-0.1, -0.05) is 30.3 Å². The maximum absolute atomic E-state index is 13.6. The predicted octanol–water partition coefficient (Wildman–Crippen LogP) is 4.43. The lowest BCUT2D eigenvalue weighted by atomic mass is 9.91. The maximum atomic E-state index is 13.6. The Bertz CT molecular complexity index is 936. The average molecular weight is 352 g/mol. The number of carbonyl (C=O) groups is 1. The zero-order chi connectivity index (χ0) is 18.1. The fraction of sp³-hybridized carbons (Fsp3) is 0.286. The summed E-state index contributed by atoms with van der Waals surface area (Å²) >= 11 is 0. The molecule has 4 rings (SSSR count). The number of H-pyrrole nitrogens is 1. The summed E-state index contributed by atoms with van der Waals surface area (Å²) in [5.74, 6) is -0.239. The number of nitrogens with one attached hydrogen (secondary N) is 1. The van der Waals surface area contributed by atoms with Gasteiger partial charge in [-0.05, 0) is 48.6 Å². The van der Waals surface area contributed by atoms with Gasteiger partial charge in [-0.25, -0.2) is 9.18 Å². The second kappa shape index (κ2) is 6.83. The minimum absolute atomic E-state index is 0.0491. The van der Waals surface area contributed by atoms with Crippen molar-refractivity contribution in [2.45, 2.75) is 31.9 Å². The number of amides is 1. The highest BCUT2D eigenvalue weighted by atomic mass is 19.1. The number of hydrogen-bond donors (Lipinski definition) is 1. The molecule has 3 aromatic rings. The first-order valence-corrected chi connectivity index (χ1v) is 8.84. The number of aryl methyl sites for hydroxylation is 1. The van der Waals surface area contributed by atoms with Crippen LogP contribution in [0.4, 0.5) is 9.18 Å². The van der Waals surface area contributed by atoms with E-state index in [0.717, 1.165) is 40.6 Å². The van der Waals surface area contributed by atoms with Crippen LogP contribution in [0.2, 0.25) is 0 Å². The lowest BCUT2D eigenvalue weighted by molar-refractivity contribution is 0.0883. The highest BCUT2D eigenvalue weighted by Crippen LogP contribution is 2.31. The minimum atomic E-state index is -0.326. The molecule has 0 radical (unpaired) electrons. The molecule has 5 heteroatoms. The average Bonchev–Trinajstić information content (AvgIpc) is 3.03. The molecule has 134 valence electrons. The van der Waals surface area contributed by atoms with Crippen molar-refractivity contribution >= 4 is 17.0 Å². The molecular formula is C21H21FN2O2. The van der Waals surface area contributed by atoms with Gasteiger partial charge in [0.1, 0.15) is 12.4 Å². The second-order valence-electron chi connectivity index (χ2n) is 6.82. The van der Waals surface area contributed by atoms with Crippen molar-refractivity contribution in [2.24, 2.45) is 0 Å². The van der Waals surface area contributed by atoms with Gasteiger partial charge in [0.15, 0.2) is 0 Å². The highest BCUT2D eigenvalue weighted by molar-refractivity contribution is 5.85. The molecule has 1 heterocycles. The number of rotatable bonds is 3. The van der Waals surface area contributed by atoms with Gasteiger partial charge in [-0.2, -0.15) is 0 Å². The lowest BCUT2D eigenvalue weighted by Crippen LogP contribution is -2.40. The standard InChI is InChI=1S/C21H21FN2O2/c1-24(21(25)26-13-14-5-3-2-4-6-14)16-8-10-20-18(12-16)17-11-15(22)7-9-19(17)23-20/h2-7,9,11,16,23H,8,10,12-13H2,1H3. The molecule has 0 saturated heterocycles. The van der Waals surface area contributed by atoms with Crippen LogP contribution in [0.5, 0.6) is 0 Å². The van der Waals surface area contributed by atoms with Gasteiger partial charge in [-0.15, -0.1) is 0 Å². The largest absolute Gasteiger partial charge is 0.445 e. The second-order valence-corrected chi connectivity index (χ2v) is 6.82. The van der Waals surface area contributed by atoms with Crippen LogP contribution in [0.3, 0.4) is 0 Å². The molecule has 26 heavy (non-hydrogen) atoms. The number of aromatic nitrogens is 1. The Morgan fingerprint density at radius 1 is 1.27 bits per heavy atom. The van der Waals surface area contributed by atoms with Gasteiger partial charge in [0, 0.05) is 29.7 Å². The molecule has 1 amide bonds. The molecule has 2 aromatic carbocycles. The van der Waals surface area contributed by atoms with Gasteiger partial charge >= 0.3 is 6.09 Å². The molecule has 0 saturated carbocycles. The van der Waals surface area contributed by atoms with Crippen molar-refractivity contribution in [3.8, 4) is 0 Å². The summed E-state index contributed by atoms with van der Waals surface area (Å²) in [6.07, 6.45) is 2.08. The first kappa shape index (κ1) is 16.6. The van der Waals surface area contributed by atoms with E-state index in [2.05, 4.69) is 4.98 Å². The number of carbonyl (C=O) groups excluding carboxylic acids is 1. The van der Waals surface area contributed by atoms with Gasteiger partial charge in [0.25, 0.3) is 0 Å². The summed E-state index contributed by atoms with van der Waals surface area (Å²) in [6, 6.07) is 14.5. The van der Waals surface area contributed by atoms with Crippen LogP contribution in [0.1, 0.15) is 23.2 Å². The number of fused-ring (bicyclic) bond motifs is 3. The number of halogens is 1. The number of benzene rings is 2. The van der Waals surface area contributed by atoms with E-state index in [1.807, 2.05) is 30.3 Å². The third-order valence-electron chi connectivity index (χ3n) is 5.16. The van der Waals surface area contributed by atoms with Crippen LogP contribution in [0, 0.1) is 5.82 Å². The molecular weight excluding hydrogens is 331 g/mol. The van der Waals surface area contributed by atoms with Crippen molar-refractivity contribution in [3.05, 3.63) is 71.2 Å². The molecule has 1 unspecified atom stereocenters. The predicted molar refractivity (Wildman–Crippen MR) is 98.5 cm³/mol. The summed E-state index contributed by atoms with van der Waals surface area (Å²) in [4.78, 5) is 17.5. The lowest BCUT2D eigenvalue weighted by Gasteiger charge is -2.30. The summed E-state index contributed by atoms with van der Waals surface area (Å²) < 4.78 is 19.1. The monoisotopic (exact) mass is 352 g/mol. The molecule has 1 atom stereocenters. The Kier molecular flexibility index (Phi) is 4.37. The van der Waals surface area contributed by atoms with Crippen LogP contribution >= 0.6 is 0 Å². The molecule has 4 nitrogen and oxygen atoms in total. The zero-order valence-electron chi connectivity index (χ0n) is 14.7. The molecule has 0 aliphatic heterocycles. The van der Waals surface area contributed by atoms with Crippen LogP contribution in [0.25, 0.3) is 10.9 Å². The maximum Gasteiger partial charge on any atom is 0.410 e. The molecule has 0 fully saturated rings. The van der Waals surface area contributed by atoms with Gasteiger partial charge in [0.2, 0.25) is 0 Å². The first-order valence-electron chi connectivity index (χ1n) is 8.84. The van der Waals surface area contributed by atoms with Crippen molar-refractivity contribution in [3.63, 3.8) is 0 Å². The van der Waals surface area contributed by atoms with Crippen molar-refractivity contribution < 1.29 is 13.9 Å². The van der Waals surface area contributed by atoms with Gasteiger partial charge in [-0.3, -0.25) is 0 Å². The minimum Gasteiger partial charge on any atom is -0.445 e. The Morgan fingerprint density at radius 3 is 2.88 bits per heavy atom. The Balaban J connectivity index is 1.46. The molecule has 1 N–H and O–H groups in total.